The van der Waals surface area contributed by atoms with Gasteiger partial charge in [-0.15, -0.1) is 0 Å². The average Bonchev–Trinajstić information content (AvgIpc) is 3.22. The first-order valence-electron chi connectivity index (χ1n) is 27.2. The molecule has 0 heterocycles. The number of carboxylic acids is 1. The lowest BCUT2D eigenvalue weighted by atomic mass is 9.91. The summed E-state index contributed by atoms with van der Waals surface area (Å²) in [5.41, 5.74) is 0. The van der Waals surface area contributed by atoms with E-state index in [4.69, 9.17) is 0 Å². The third-order valence-corrected chi connectivity index (χ3v) is 13.2. The second-order valence-electron chi connectivity index (χ2n) is 19.0. The topological polar surface area (TPSA) is 57.5 Å². The molecule has 58 heavy (non-hydrogen) atoms. The summed E-state index contributed by atoms with van der Waals surface area (Å²) in [6.45, 7) is 4.59. The van der Waals surface area contributed by atoms with Gasteiger partial charge in [0.2, 0.25) is 0 Å². The van der Waals surface area contributed by atoms with Crippen molar-refractivity contribution in [3.05, 3.63) is 12.2 Å². The van der Waals surface area contributed by atoms with Crippen LogP contribution < -0.4 is 0 Å². The van der Waals surface area contributed by atoms with E-state index >= 15 is 0 Å². The average molecular weight is 817 g/mol. The highest BCUT2D eigenvalue weighted by Gasteiger charge is 2.25. The quantitative estimate of drug-likeness (QED) is 0.0475. The predicted molar refractivity (Wildman–Crippen MR) is 259 cm³/mol. The molecular weight excluding hydrogens is 709 g/mol. The molecule has 0 saturated carbocycles. The Morgan fingerprint density at radius 1 is 0.328 bits per heavy atom. The first-order valence-corrected chi connectivity index (χ1v) is 27.2. The number of hydrogen-bond acceptors (Lipinski definition) is 2. The van der Waals surface area contributed by atoms with Crippen LogP contribution in [-0.2, 0) is 4.79 Å². The van der Waals surface area contributed by atoms with Crippen molar-refractivity contribution >= 4 is 5.97 Å². The van der Waals surface area contributed by atoms with Gasteiger partial charge in [0, 0.05) is 0 Å². The minimum atomic E-state index is -0.805. The number of unbranched alkanes of at least 4 members (excludes halogenated alkanes) is 43. The van der Waals surface area contributed by atoms with E-state index in [2.05, 4.69) is 26.0 Å². The number of carboxylic acid groups (broad SMARTS) is 1. The van der Waals surface area contributed by atoms with Gasteiger partial charge in [-0.3, -0.25) is 4.79 Å². The first kappa shape index (κ1) is 57.2. The molecule has 3 nitrogen and oxygen atoms in total. The Labute approximate surface area is 366 Å². The Hall–Kier alpha value is -0.830. The van der Waals surface area contributed by atoms with E-state index in [9.17, 15) is 15.0 Å². The lowest BCUT2D eigenvalue weighted by Gasteiger charge is -2.19. The Bertz CT molecular complexity index is 792. The van der Waals surface area contributed by atoms with E-state index in [1.807, 2.05) is 0 Å². The molecular formula is C55H108O3. The maximum Gasteiger partial charge on any atom is 0.309 e. The third-order valence-electron chi connectivity index (χ3n) is 13.2. The van der Waals surface area contributed by atoms with E-state index in [0.29, 0.717) is 12.8 Å². The molecule has 0 saturated heterocycles. The minimum Gasteiger partial charge on any atom is -0.481 e. The molecule has 0 aliphatic rings. The van der Waals surface area contributed by atoms with Gasteiger partial charge in [-0.1, -0.05) is 296 Å². The summed E-state index contributed by atoms with van der Waals surface area (Å²) >= 11 is 0. The zero-order valence-corrected chi connectivity index (χ0v) is 40.1. The molecule has 2 N–H and O–H groups in total. The van der Waals surface area contributed by atoms with Gasteiger partial charge < -0.3 is 10.2 Å². The Morgan fingerprint density at radius 3 is 0.776 bits per heavy atom. The summed E-state index contributed by atoms with van der Waals surface area (Å²) in [5.74, 6) is -1.39. The summed E-state index contributed by atoms with van der Waals surface area (Å²) in [4.78, 5) is 11.9. The molecule has 2 unspecified atom stereocenters. The largest absolute Gasteiger partial charge is 0.481 e. The van der Waals surface area contributed by atoms with Crippen LogP contribution in [0, 0.1) is 5.92 Å². The van der Waals surface area contributed by atoms with Gasteiger partial charge in [0.1, 0.15) is 0 Å². The van der Waals surface area contributed by atoms with Gasteiger partial charge in [0.05, 0.1) is 12.0 Å². The maximum absolute atomic E-state index is 11.9. The Morgan fingerprint density at radius 2 is 0.534 bits per heavy atom. The fourth-order valence-corrected chi connectivity index (χ4v) is 9.02. The standard InChI is InChI=1S/C55H108O3/c1-3-5-7-9-11-13-15-17-19-21-23-24-25-26-27-28-29-30-31-32-33-34-36-38-40-42-44-46-48-50-52-54(56)53(55(57)58)51-49-47-45-43-41-39-37-35-22-20-18-16-14-12-10-8-6-4-2/h30-31,53-54,56H,3-29,32-52H2,1-2H3,(H,57,58)/b31-30-. The van der Waals surface area contributed by atoms with Crippen LogP contribution in [0.5, 0.6) is 0 Å². The summed E-state index contributed by atoms with van der Waals surface area (Å²) < 4.78 is 0. The zero-order valence-electron chi connectivity index (χ0n) is 40.1. The van der Waals surface area contributed by atoms with Gasteiger partial charge in [0.15, 0.2) is 0 Å². The van der Waals surface area contributed by atoms with Crippen molar-refractivity contribution < 1.29 is 15.0 Å². The van der Waals surface area contributed by atoms with Crippen LogP contribution in [0.2, 0.25) is 0 Å². The molecule has 0 rings (SSSR count). The molecule has 0 spiro atoms. The Kier molecular flexibility index (Phi) is 49.8. The van der Waals surface area contributed by atoms with Crippen LogP contribution in [0.3, 0.4) is 0 Å². The summed E-state index contributed by atoms with van der Waals surface area (Å²) in [6, 6.07) is 0. The lowest BCUT2D eigenvalue weighted by Crippen LogP contribution is -2.28. The van der Waals surface area contributed by atoms with Crippen LogP contribution in [0.25, 0.3) is 0 Å². The number of aliphatic hydroxyl groups is 1. The fourth-order valence-electron chi connectivity index (χ4n) is 9.02. The highest BCUT2D eigenvalue weighted by Crippen LogP contribution is 2.22. The van der Waals surface area contributed by atoms with Gasteiger partial charge in [0.25, 0.3) is 0 Å². The molecule has 0 aromatic carbocycles. The van der Waals surface area contributed by atoms with Gasteiger partial charge in [-0.2, -0.15) is 0 Å². The molecule has 0 amide bonds. The molecule has 0 aliphatic heterocycles. The minimum absolute atomic E-state index is 0.583. The van der Waals surface area contributed by atoms with Crippen LogP contribution in [0.4, 0.5) is 0 Å². The van der Waals surface area contributed by atoms with Gasteiger partial charge >= 0.3 is 5.97 Å². The molecule has 3 heteroatoms. The van der Waals surface area contributed by atoms with Crippen molar-refractivity contribution in [3.8, 4) is 0 Å². The van der Waals surface area contributed by atoms with Gasteiger partial charge in [-0.05, 0) is 38.5 Å². The van der Waals surface area contributed by atoms with E-state index in [0.717, 1.165) is 25.7 Å². The summed E-state index contributed by atoms with van der Waals surface area (Å²) in [7, 11) is 0. The molecule has 0 aromatic heterocycles. The van der Waals surface area contributed by atoms with Crippen LogP contribution in [0.1, 0.15) is 322 Å². The number of aliphatic carboxylic acids is 1. The van der Waals surface area contributed by atoms with Crippen molar-refractivity contribution in [2.24, 2.45) is 5.92 Å². The molecule has 0 radical (unpaired) electrons. The molecule has 0 aromatic rings. The molecule has 0 bridgehead atoms. The summed E-state index contributed by atoms with van der Waals surface area (Å²) in [5, 5.41) is 20.4. The third kappa shape index (κ3) is 46.2. The number of hydrogen-bond donors (Lipinski definition) is 2. The zero-order chi connectivity index (χ0) is 42.1. The predicted octanol–water partition coefficient (Wildman–Crippen LogP) is 19.4. The van der Waals surface area contributed by atoms with E-state index < -0.39 is 18.0 Å². The molecule has 346 valence electrons. The smallest absolute Gasteiger partial charge is 0.309 e. The normalized spacial score (nSPS) is 12.9. The maximum atomic E-state index is 11.9. The number of rotatable bonds is 51. The van der Waals surface area contributed by atoms with Crippen molar-refractivity contribution in [2.45, 2.75) is 328 Å². The van der Waals surface area contributed by atoms with Crippen molar-refractivity contribution in [1.29, 1.82) is 0 Å². The molecule has 0 fully saturated rings. The first-order chi connectivity index (χ1) is 28.6. The number of allylic oxidation sites excluding steroid dienone is 2. The van der Waals surface area contributed by atoms with Crippen LogP contribution in [0.15, 0.2) is 12.2 Å². The monoisotopic (exact) mass is 817 g/mol. The fraction of sp³-hybridized carbons (Fsp3) is 0.945. The van der Waals surface area contributed by atoms with E-state index in [1.54, 1.807) is 0 Å². The Balaban J connectivity index is 3.42. The molecule has 2 atom stereocenters. The summed E-state index contributed by atoms with van der Waals surface area (Å²) in [6.07, 6.45) is 67.9. The number of carbonyl (C=O) groups is 1. The van der Waals surface area contributed by atoms with Crippen LogP contribution in [-0.4, -0.2) is 22.3 Å². The highest BCUT2D eigenvalue weighted by atomic mass is 16.4. The molecule has 0 aliphatic carbocycles. The SMILES string of the molecule is CCCCCCCCCCCCCCCCCC/C=C\CCCCCCCCCCCCC(O)C(CCCCCCCCCCCCCCCCCCCC)C(=O)O. The van der Waals surface area contributed by atoms with E-state index in [-0.39, 0.29) is 0 Å². The van der Waals surface area contributed by atoms with E-state index in [1.165, 1.54) is 270 Å². The van der Waals surface area contributed by atoms with Crippen LogP contribution >= 0.6 is 0 Å². The van der Waals surface area contributed by atoms with Crippen molar-refractivity contribution in [1.82, 2.24) is 0 Å². The van der Waals surface area contributed by atoms with Crippen molar-refractivity contribution in [2.75, 3.05) is 0 Å². The van der Waals surface area contributed by atoms with Crippen molar-refractivity contribution in [3.63, 3.8) is 0 Å². The second-order valence-corrected chi connectivity index (χ2v) is 19.0. The highest BCUT2D eigenvalue weighted by molar-refractivity contribution is 5.70. The number of aliphatic hydroxyl groups excluding tert-OH is 1. The lowest BCUT2D eigenvalue weighted by molar-refractivity contribution is -0.146. The second kappa shape index (κ2) is 50.5. The van der Waals surface area contributed by atoms with Gasteiger partial charge in [-0.25, -0.2) is 0 Å².